The largest absolute Gasteiger partial charge is 0.383 e. The number of amides is 1. The number of nitrogens with one attached hydrogen (secondary N) is 1. The predicted molar refractivity (Wildman–Crippen MR) is 49.3 cm³/mol. The van der Waals surface area contributed by atoms with Crippen molar-refractivity contribution in [3.63, 3.8) is 0 Å². The van der Waals surface area contributed by atoms with Gasteiger partial charge in [0.15, 0.2) is 0 Å². The molecule has 1 saturated carbocycles. The predicted octanol–water partition coefficient (Wildman–Crippen LogP) is 1.27. The van der Waals surface area contributed by atoms with E-state index in [1.807, 2.05) is 5.32 Å². The highest BCUT2D eigenvalue weighted by Gasteiger charge is 2.49. The number of nitrogens with two attached hydrogens (primary N) is 1. The summed E-state index contributed by atoms with van der Waals surface area (Å²) >= 11 is 0. The summed E-state index contributed by atoms with van der Waals surface area (Å²) in [4.78, 5) is 10.9. The van der Waals surface area contributed by atoms with Gasteiger partial charge in [0.2, 0.25) is 0 Å². The third-order valence-corrected chi connectivity index (χ3v) is 2.71. The molecule has 2 atom stereocenters. The van der Waals surface area contributed by atoms with Crippen LogP contribution in [0.25, 0.3) is 0 Å². The van der Waals surface area contributed by atoms with E-state index in [1.165, 1.54) is 0 Å². The summed E-state index contributed by atoms with van der Waals surface area (Å²) in [5, 5.41) is 1.90. The summed E-state index contributed by atoms with van der Waals surface area (Å²) < 4.78 is 49.0. The second-order valence-electron chi connectivity index (χ2n) is 3.95. The number of carbonyl (C=O) groups excluding carboxylic acids is 1. The van der Waals surface area contributed by atoms with Crippen molar-refractivity contribution in [1.82, 2.24) is 5.32 Å². The normalized spacial score (nSPS) is 26.9. The third-order valence-electron chi connectivity index (χ3n) is 2.71. The fourth-order valence-corrected chi connectivity index (χ4v) is 1.70. The minimum atomic E-state index is -4.64. The van der Waals surface area contributed by atoms with Gasteiger partial charge in [-0.25, -0.2) is 8.78 Å². The van der Waals surface area contributed by atoms with Crippen molar-refractivity contribution in [2.24, 2.45) is 5.73 Å². The number of halogens is 4. The maximum atomic E-state index is 12.6. The van der Waals surface area contributed by atoms with Crippen molar-refractivity contribution in [1.29, 1.82) is 0 Å². The van der Waals surface area contributed by atoms with Crippen molar-refractivity contribution in [2.45, 2.75) is 50.1 Å². The summed E-state index contributed by atoms with van der Waals surface area (Å²) in [6, 6.07) is -1.07. The standard InChI is InChI=1S/C9H14F4N2O/c10-7(11)9(12,13)8(16)15-6-4-2-1-3-5(6)14/h5-7H,1-4,14H2,(H,15,16). The summed E-state index contributed by atoms with van der Waals surface area (Å²) in [6.07, 6.45) is -1.33. The van der Waals surface area contributed by atoms with Gasteiger partial charge in [-0.05, 0) is 12.8 Å². The van der Waals surface area contributed by atoms with Crippen LogP contribution in [0.4, 0.5) is 17.6 Å². The Morgan fingerprint density at radius 1 is 1.31 bits per heavy atom. The average Bonchev–Trinajstić information content (AvgIpc) is 2.21. The first-order valence-electron chi connectivity index (χ1n) is 5.08. The molecule has 1 fully saturated rings. The summed E-state index contributed by atoms with van der Waals surface area (Å²) in [7, 11) is 0. The van der Waals surface area contributed by atoms with E-state index in [0.29, 0.717) is 12.8 Å². The number of rotatable bonds is 3. The quantitative estimate of drug-likeness (QED) is 0.732. The van der Waals surface area contributed by atoms with Crippen LogP contribution >= 0.6 is 0 Å². The lowest BCUT2D eigenvalue weighted by atomic mass is 9.91. The van der Waals surface area contributed by atoms with Gasteiger partial charge in [0.05, 0.1) is 0 Å². The Bertz CT molecular complexity index is 260. The molecule has 0 heterocycles. The molecule has 1 aliphatic carbocycles. The van der Waals surface area contributed by atoms with E-state index in [1.54, 1.807) is 0 Å². The van der Waals surface area contributed by atoms with Crippen molar-refractivity contribution in [2.75, 3.05) is 0 Å². The second kappa shape index (κ2) is 4.99. The zero-order valence-corrected chi connectivity index (χ0v) is 8.56. The molecule has 0 aliphatic heterocycles. The van der Waals surface area contributed by atoms with Crippen LogP contribution in [-0.2, 0) is 4.79 Å². The molecule has 7 heteroatoms. The van der Waals surface area contributed by atoms with Crippen LogP contribution < -0.4 is 11.1 Å². The second-order valence-corrected chi connectivity index (χ2v) is 3.95. The highest BCUT2D eigenvalue weighted by Crippen LogP contribution is 2.24. The van der Waals surface area contributed by atoms with Crippen molar-refractivity contribution >= 4 is 5.91 Å². The average molecular weight is 242 g/mol. The molecule has 0 radical (unpaired) electrons. The number of carbonyl (C=O) groups is 1. The Morgan fingerprint density at radius 3 is 2.38 bits per heavy atom. The first-order chi connectivity index (χ1) is 7.35. The van der Waals surface area contributed by atoms with Gasteiger partial charge in [-0.1, -0.05) is 12.8 Å². The Hall–Kier alpha value is -0.850. The van der Waals surface area contributed by atoms with Gasteiger partial charge in [-0.3, -0.25) is 4.79 Å². The van der Waals surface area contributed by atoms with E-state index in [9.17, 15) is 22.4 Å². The van der Waals surface area contributed by atoms with E-state index in [2.05, 4.69) is 0 Å². The van der Waals surface area contributed by atoms with E-state index in [4.69, 9.17) is 5.73 Å². The lowest BCUT2D eigenvalue weighted by Crippen LogP contribution is -2.55. The molecular weight excluding hydrogens is 228 g/mol. The molecule has 3 nitrogen and oxygen atoms in total. The van der Waals surface area contributed by atoms with E-state index < -0.39 is 30.3 Å². The highest BCUT2D eigenvalue weighted by atomic mass is 19.3. The Kier molecular flexibility index (Phi) is 4.12. The van der Waals surface area contributed by atoms with Crippen LogP contribution in [0.1, 0.15) is 25.7 Å². The fourth-order valence-electron chi connectivity index (χ4n) is 1.70. The van der Waals surface area contributed by atoms with Gasteiger partial charge in [-0.15, -0.1) is 0 Å². The van der Waals surface area contributed by atoms with E-state index >= 15 is 0 Å². The van der Waals surface area contributed by atoms with Crippen molar-refractivity contribution in [3.8, 4) is 0 Å². The number of hydrogen-bond acceptors (Lipinski definition) is 2. The SMILES string of the molecule is NC1CCCCC1NC(=O)C(F)(F)C(F)F. The lowest BCUT2D eigenvalue weighted by Gasteiger charge is -2.30. The zero-order chi connectivity index (χ0) is 12.3. The molecule has 16 heavy (non-hydrogen) atoms. The molecule has 3 N–H and O–H groups in total. The minimum absolute atomic E-state index is 0.439. The number of hydrogen-bond donors (Lipinski definition) is 2. The molecule has 1 aliphatic rings. The number of alkyl halides is 4. The first-order valence-corrected chi connectivity index (χ1v) is 5.08. The van der Waals surface area contributed by atoms with Crippen LogP contribution in [0, 0.1) is 0 Å². The van der Waals surface area contributed by atoms with Crippen LogP contribution in [0.5, 0.6) is 0 Å². The van der Waals surface area contributed by atoms with Gasteiger partial charge in [0, 0.05) is 12.1 Å². The topological polar surface area (TPSA) is 55.1 Å². The van der Waals surface area contributed by atoms with Crippen molar-refractivity contribution in [3.05, 3.63) is 0 Å². The molecule has 0 spiro atoms. The lowest BCUT2D eigenvalue weighted by molar-refractivity contribution is -0.170. The third kappa shape index (κ3) is 2.84. The Balaban J connectivity index is 2.56. The zero-order valence-electron chi connectivity index (χ0n) is 8.56. The smallest absolute Gasteiger partial charge is 0.346 e. The molecule has 0 bridgehead atoms. The van der Waals surface area contributed by atoms with Crippen LogP contribution in [0.3, 0.4) is 0 Å². The highest BCUT2D eigenvalue weighted by molar-refractivity contribution is 5.84. The van der Waals surface area contributed by atoms with Crippen LogP contribution in [0.15, 0.2) is 0 Å². The van der Waals surface area contributed by atoms with E-state index in [-0.39, 0.29) is 0 Å². The molecule has 0 aromatic heterocycles. The molecular formula is C9H14F4N2O. The monoisotopic (exact) mass is 242 g/mol. The van der Waals surface area contributed by atoms with E-state index in [0.717, 1.165) is 12.8 Å². The molecule has 1 amide bonds. The molecule has 2 unspecified atom stereocenters. The summed E-state index contributed by atoms with van der Waals surface area (Å²) in [6.45, 7) is 0. The Labute approximate surface area is 90.4 Å². The van der Waals surface area contributed by atoms with Crippen LogP contribution in [-0.4, -0.2) is 30.3 Å². The molecule has 0 aromatic rings. The van der Waals surface area contributed by atoms with Gasteiger partial charge in [0.1, 0.15) is 0 Å². The fraction of sp³-hybridized carbons (Fsp3) is 0.889. The molecule has 0 aromatic carbocycles. The van der Waals surface area contributed by atoms with Gasteiger partial charge in [0.25, 0.3) is 5.91 Å². The minimum Gasteiger partial charge on any atom is -0.346 e. The summed E-state index contributed by atoms with van der Waals surface area (Å²) in [5.41, 5.74) is 5.60. The van der Waals surface area contributed by atoms with Gasteiger partial charge in [-0.2, -0.15) is 8.78 Å². The maximum Gasteiger partial charge on any atom is 0.383 e. The molecule has 94 valence electrons. The molecule has 0 saturated heterocycles. The first kappa shape index (κ1) is 13.2. The van der Waals surface area contributed by atoms with Gasteiger partial charge >= 0.3 is 12.3 Å². The Morgan fingerprint density at radius 2 is 1.88 bits per heavy atom. The van der Waals surface area contributed by atoms with Gasteiger partial charge < -0.3 is 11.1 Å². The van der Waals surface area contributed by atoms with Crippen molar-refractivity contribution < 1.29 is 22.4 Å². The maximum absolute atomic E-state index is 12.6. The molecule has 1 rings (SSSR count). The summed E-state index contributed by atoms with van der Waals surface area (Å²) in [5.74, 6) is -6.58. The van der Waals surface area contributed by atoms with Crippen LogP contribution in [0.2, 0.25) is 0 Å².